The standard InChI is InChI=1S/C22H26Br2N2O4/c1-30-13-7-5-6-12(10-13)25-16(27)8-3-2-4-9-26-21(28)17-14-11-15(18(17)22(26)29)20(24)19(14)23/h5-7,10,14-15,17-20H,2-4,8-9,11H2,1H3,(H,25,27)/t14-,15+,17+,18-,19-,20-/m1/s1. The smallest absolute Gasteiger partial charge is 0.233 e. The number of likely N-dealkylation sites (tertiary alicyclic amines) is 1. The summed E-state index contributed by atoms with van der Waals surface area (Å²) in [6, 6.07) is 7.26. The molecule has 30 heavy (non-hydrogen) atoms. The number of fused-ring (bicyclic) bond motifs is 5. The molecule has 1 heterocycles. The van der Waals surface area contributed by atoms with E-state index in [-0.39, 0.29) is 51.0 Å². The molecule has 8 heteroatoms. The zero-order valence-electron chi connectivity index (χ0n) is 16.9. The molecule has 2 saturated carbocycles. The third-order valence-electron chi connectivity index (χ3n) is 6.72. The van der Waals surface area contributed by atoms with Crippen molar-refractivity contribution in [3.8, 4) is 5.75 Å². The van der Waals surface area contributed by atoms with Gasteiger partial charge in [-0.3, -0.25) is 19.3 Å². The van der Waals surface area contributed by atoms with E-state index in [1.807, 2.05) is 18.2 Å². The summed E-state index contributed by atoms with van der Waals surface area (Å²) in [4.78, 5) is 39.9. The van der Waals surface area contributed by atoms with Crippen molar-refractivity contribution >= 4 is 55.3 Å². The highest BCUT2D eigenvalue weighted by Gasteiger charge is 2.66. The molecule has 0 spiro atoms. The van der Waals surface area contributed by atoms with E-state index in [1.54, 1.807) is 13.2 Å². The molecule has 3 fully saturated rings. The lowest BCUT2D eigenvalue weighted by atomic mass is 9.81. The summed E-state index contributed by atoms with van der Waals surface area (Å²) in [5, 5.41) is 2.87. The number of rotatable bonds is 8. The molecule has 1 aromatic rings. The normalized spacial score (nSPS) is 31.9. The van der Waals surface area contributed by atoms with Crippen molar-refractivity contribution in [2.24, 2.45) is 23.7 Å². The maximum Gasteiger partial charge on any atom is 0.233 e. The van der Waals surface area contributed by atoms with Crippen LogP contribution < -0.4 is 10.1 Å². The summed E-state index contributed by atoms with van der Waals surface area (Å²) in [6.07, 6.45) is 3.61. The molecule has 2 bridgehead atoms. The maximum atomic E-state index is 12.9. The number of nitrogens with zero attached hydrogens (tertiary/aromatic N) is 1. The van der Waals surface area contributed by atoms with Gasteiger partial charge in [-0.25, -0.2) is 0 Å². The van der Waals surface area contributed by atoms with Crippen molar-refractivity contribution in [3.05, 3.63) is 24.3 Å². The zero-order chi connectivity index (χ0) is 21.4. The largest absolute Gasteiger partial charge is 0.497 e. The van der Waals surface area contributed by atoms with Gasteiger partial charge in [-0.2, -0.15) is 0 Å². The van der Waals surface area contributed by atoms with Gasteiger partial charge in [0.2, 0.25) is 17.7 Å². The number of carbonyl (C=O) groups excluding carboxylic acids is 3. The number of methoxy groups -OCH3 is 1. The Morgan fingerprint density at radius 3 is 2.40 bits per heavy atom. The van der Waals surface area contributed by atoms with Gasteiger partial charge in [0.1, 0.15) is 5.75 Å². The fraction of sp³-hybridized carbons (Fsp3) is 0.591. The first kappa shape index (κ1) is 21.8. The first-order valence-corrected chi connectivity index (χ1v) is 12.3. The molecule has 3 aliphatic rings. The van der Waals surface area contributed by atoms with Crippen LogP contribution in [0.4, 0.5) is 5.69 Å². The Morgan fingerprint density at radius 1 is 1.10 bits per heavy atom. The zero-order valence-corrected chi connectivity index (χ0v) is 20.0. The maximum absolute atomic E-state index is 12.9. The van der Waals surface area contributed by atoms with Crippen LogP contribution in [-0.4, -0.2) is 45.9 Å². The number of anilines is 1. The third-order valence-corrected chi connectivity index (χ3v) is 9.92. The van der Waals surface area contributed by atoms with Gasteiger partial charge >= 0.3 is 0 Å². The molecule has 0 aromatic heterocycles. The number of ether oxygens (including phenoxy) is 1. The minimum Gasteiger partial charge on any atom is -0.497 e. The van der Waals surface area contributed by atoms with E-state index >= 15 is 0 Å². The summed E-state index contributed by atoms with van der Waals surface area (Å²) in [6.45, 7) is 0.460. The fourth-order valence-electron chi connectivity index (χ4n) is 5.29. The van der Waals surface area contributed by atoms with E-state index in [2.05, 4.69) is 37.2 Å². The molecule has 2 aliphatic carbocycles. The lowest BCUT2D eigenvalue weighted by molar-refractivity contribution is -0.140. The predicted octanol–water partition coefficient (Wildman–Crippen LogP) is 3.97. The number of amides is 3. The van der Waals surface area contributed by atoms with Crippen LogP contribution in [0, 0.1) is 23.7 Å². The van der Waals surface area contributed by atoms with Gasteiger partial charge < -0.3 is 10.1 Å². The van der Waals surface area contributed by atoms with Crippen molar-refractivity contribution < 1.29 is 19.1 Å². The monoisotopic (exact) mass is 540 g/mol. The van der Waals surface area contributed by atoms with Gasteiger partial charge in [0.25, 0.3) is 0 Å². The number of hydrogen-bond donors (Lipinski definition) is 1. The second-order valence-corrected chi connectivity index (χ2v) is 10.5. The first-order valence-electron chi connectivity index (χ1n) is 10.5. The molecule has 4 rings (SSSR count). The lowest BCUT2D eigenvalue weighted by Crippen LogP contribution is -2.37. The van der Waals surface area contributed by atoms with Gasteiger partial charge in [-0.1, -0.05) is 44.3 Å². The quantitative estimate of drug-likeness (QED) is 0.307. The average Bonchev–Trinajstić information content (AvgIpc) is 3.34. The number of imide groups is 1. The van der Waals surface area contributed by atoms with Gasteiger partial charge in [-0.05, 0) is 43.2 Å². The molecule has 1 saturated heterocycles. The minimum atomic E-state index is -0.144. The number of halogens is 2. The van der Waals surface area contributed by atoms with E-state index in [0.717, 1.165) is 25.7 Å². The van der Waals surface area contributed by atoms with Crippen LogP contribution in [0.3, 0.4) is 0 Å². The predicted molar refractivity (Wildman–Crippen MR) is 121 cm³/mol. The number of nitrogens with one attached hydrogen (secondary N) is 1. The molecule has 1 aromatic carbocycles. The molecule has 6 atom stereocenters. The number of unbranched alkanes of at least 4 members (excludes halogenated alkanes) is 2. The molecule has 0 unspecified atom stereocenters. The van der Waals surface area contributed by atoms with E-state index in [4.69, 9.17) is 4.74 Å². The van der Waals surface area contributed by atoms with Crippen LogP contribution in [0.2, 0.25) is 0 Å². The number of benzene rings is 1. The SMILES string of the molecule is COc1cccc(NC(=O)CCCCCN2C(=O)[C@@H]3[C@@H]4C[C@@H]([C@@H](Br)[C@@H]4Br)[C@@H]3C2=O)c1. The van der Waals surface area contributed by atoms with E-state index in [9.17, 15) is 14.4 Å². The highest BCUT2D eigenvalue weighted by Crippen LogP contribution is 2.60. The van der Waals surface area contributed by atoms with E-state index in [0.29, 0.717) is 24.4 Å². The Labute approximate surface area is 193 Å². The van der Waals surface area contributed by atoms with Gasteiger partial charge in [-0.15, -0.1) is 0 Å². The van der Waals surface area contributed by atoms with Gasteiger partial charge in [0.15, 0.2) is 0 Å². The van der Waals surface area contributed by atoms with Crippen molar-refractivity contribution in [2.75, 3.05) is 19.0 Å². The van der Waals surface area contributed by atoms with Crippen LogP contribution in [-0.2, 0) is 14.4 Å². The molecule has 6 nitrogen and oxygen atoms in total. The molecule has 1 N–H and O–H groups in total. The number of alkyl halides is 2. The molecule has 162 valence electrons. The number of hydrogen-bond acceptors (Lipinski definition) is 4. The van der Waals surface area contributed by atoms with Crippen molar-refractivity contribution in [1.29, 1.82) is 0 Å². The van der Waals surface area contributed by atoms with Crippen LogP contribution in [0.5, 0.6) is 5.75 Å². The highest BCUT2D eigenvalue weighted by molar-refractivity contribution is 9.12. The van der Waals surface area contributed by atoms with Crippen molar-refractivity contribution in [1.82, 2.24) is 4.90 Å². The summed E-state index contributed by atoms with van der Waals surface area (Å²) >= 11 is 7.42. The summed E-state index contributed by atoms with van der Waals surface area (Å²) in [7, 11) is 1.59. The highest BCUT2D eigenvalue weighted by atomic mass is 79.9. The Bertz CT molecular complexity index is 816. The van der Waals surface area contributed by atoms with E-state index in [1.165, 1.54) is 4.90 Å². The Balaban J connectivity index is 1.20. The summed E-state index contributed by atoms with van der Waals surface area (Å²) in [5.41, 5.74) is 0.712. The molecule has 1 aliphatic heterocycles. The van der Waals surface area contributed by atoms with Crippen LogP contribution in [0.1, 0.15) is 32.1 Å². The molecular weight excluding hydrogens is 516 g/mol. The van der Waals surface area contributed by atoms with E-state index < -0.39 is 0 Å². The van der Waals surface area contributed by atoms with Gasteiger partial charge in [0.05, 0.1) is 18.9 Å². The third kappa shape index (κ3) is 3.93. The fourth-order valence-corrected chi connectivity index (χ4v) is 7.16. The number of carbonyl (C=O) groups is 3. The van der Waals surface area contributed by atoms with Crippen LogP contribution in [0.25, 0.3) is 0 Å². The molecular formula is C22H26Br2N2O4. The molecule has 0 radical (unpaired) electrons. The lowest BCUT2D eigenvalue weighted by Gasteiger charge is -2.28. The Morgan fingerprint density at radius 2 is 1.77 bits per heavy atom. The minimum absolute atomic E-state index is 0.0112. The second-order valence-electron chi connectivity index (χ2n) is 8.42. The summed E-state index contributed by atoms with van der Waals surface area (Å²) in [5.74, 6) is 0.896. The second kappa shape index (κ2) is 8.99. The van der Waals surface area contributed by atoms with Crippen molar-refractivity contribution in [2.45, 2.75) is 41.8 Å². The van der Waals surface area contributed by atoms with Crippen LogP contribution in [0.15, 0.2) is 24.3 Å². The van der Waals surface area contributed by atoms with Crippen LogP contribution >= 0.6 is 31.9 Å². The first-order chi connectivity index (χ1) is 14.4. The topological polar surface area (TPSA) is 75.7 Å². The Kier molecular flexibility index (Phi) is 6.53. The molecule has 3 amide bonds. The Hall–Kier alpha value is -1.41. The van der Waals surface area contributed by atoms with Gasteiger partial charge in [0, 0.05) is 34.4 Å². The van der Waals surface area contributed by atoms with Crippen molar-refractivity contribution in [3.63, 3.8) is 0 Å². The summed E-state index contributed by atoms with van der Waals surface area (Å²) < 4.78 is 5.16. The average molecular weight is 542 g/mol.